The molecule has 2 aromatic carbocycles. The van der Waals surface area contributed by atoms with Gasteiger partial charge in [-0.2, -0.15) is 0 Å². The second kappa shape index (κ2) is 6.67. The second-order valence-electron chi connectivity index (χ2n) is 6.36. The maximum atomic E-state index is 12.8. The van der Waals surface area contributed by atoms with E-state index in [9.17, 15) is 4.79 Å². The molecule has 0 unspecified atom stereocenters. The Hall–Kier alpha value is -1.93. The number of carbonyl (C=O) groups excluding carboxylic acids is 1. The van der Waals surface area contributed by atoms with E-state index in [-0.39, 0.29) is 5.78 Å². The molecule has 0 amide bonds. The Morgan fingerprint density at radius 3 is 2.04 bits per heavy atom. The van der Waals surface area contributed by atoms with Crippen molar-refractivity contribution in [3.63, 3.8) is 0 Å². The summed E-state index contributed by atoms with van der Waals surface area (Å²) in [5, 5.41) is 3.37. The van der Waals surface area contributed by atoms with Crippen molar-refractivity contribution in [3.05, 3.63) is 59.7 Å². The molecule has 0 aliphatic heterocycles. The monoisotopic (exact) mass is 307 g/mol. The number of benzene rings is 2. The predicted molar refractivity (Wildman–Crippen MR) is 95.7 cm³/mol. The maximum Gasteiger partial charge on any atom is 0.144 e. The molecule has 2 aromatic rings. The number of Topliss-reactive ketones (excluding diaryl/α,β-unsaturated/α-hetero) is 1. The summed E-state index contributed by atoms with van der Waals surface area (Å²) in [7, 11) is 0. The molecule has 0 saturated heterocycles. The standard InChI is InChI=1S/C21H25NO/c1-3-22-15-9-8-14-21(16(2)23)19-12-6-4-10-17(19)18-11-5-7-13-20(18)21/h4-7,10-13,22H,3,8-9,14-15H2,1-2H3. The minimum atomic E-state index is -0.459. The molecule has 1 aliphatic rings. The zero-order valence-corrected chi connectivity index (χ0v) is 14.1. The van der Waals surface area contributed by atoms with E-state index in [1.54, 1.807) is 6.92 Å². The Labute approximate surface area is 138 Å². The quantitative estimate of drug-likeness (QED) is 0.772. The molecule has 1 N–H and O–H groups in total. The molecule has 1 aliphatic carbocycles. The van der Waals surface area contributed by atoms with Crippen molar-refractivity contribution in [2.24, 2.45) is 0 Å². The average Bonchev–Trinajstić information content (AvgIpc) is 2.87. The molecule has 0 spiro atoms. The van der Waals surface area contributed by atoms with Gasteiger partial charge in [0, 0.05) is 0 Å². The summed E-state index contributed by atoms with van der Waals surface area (Å²) >= 11 is 0. The molecule has 0 aromatic heterocycles. The van der Waals surface area contributed by atoms with Gasteiger partial charge in [0.1, 0.15) is 5.78 Å². The summed E-state index contributed by atoms with van der Waals surface area (Å²) in [6, 6.07) is 16.8. The largest absolute Gasteiger partial charge is 0.317 e. The van der Waals surface area contributed by atoms with Gasteiger partial charge in [0.2, 0.25) is 0 Å². The highest BCUT2D eigenvalue weighted by Gasteiger charge is 2.45. The van der Waals surface area contributed by atoms with Gasteiger partial charge in [-0.15, -0.1) is 0 Å². The smallest absolute Gasteiger partial charge is 0.144 e. The molecular formula is C21H25NO. The molecule has 0 saturated carbocycles. The van der Waals surface area contributed by atoms with Gasteiger partial charge in [-0.25, -0.2) is 0 Å². The number of rotatable bonds is 7. The minimum Gasteiger partial charge on any atom is -0.317 e. The van der Waals surface area contributed by atoms with Crippen LogP contribution in [0.2, 0.25) is 0 Å². The Morgan fingerprint density at radius 2 is 1.52 bits per heavy atom. The summed E-state index contributed by atoms with van der Waals surface area (Å²) in [5.74, 6) is 0.262. The lowest BCUT2D eigenvalue weighted by Gasteiger charge is -2.29. The van der Waals surface area contributed by atoms with Crippen LogP contribution in [0.1, 0.15) is 44.2 Å². The highest BCUT2D eigenvalue weighted by molar-refractivity contribution is 6.00. The lowest BCUT2D eigenvalue weighted by atomic mass is 9.71. The van der Waals surface area contributed by atoms with Crippen molar-refractivity contribution in [3.8, 4) is 11.1 Å². The fourth-order valence-electron chi connectivity index (χ4n) is 3.97. The van der Waals surface area contributed by atoms with Crippen molar-refractivity contribution in [1.82, 2.24) is 5.32 Å². The van der Waals surface area contributed by atoms with Gasteiger partial charge in [0.25, 0.3) is 0 Å². The number of hydrogen-bond donors (Lipinski definition) is 1. The number of fused-ring (bicyclic) bond motifs is 3. The first-order valence-corrected chi connectivity index (χ1v) is 8.63. The third-order valence-electron chi connectivity index (χ3n) is 5.07. The molecule has 3 rings (SSSR count). The van der Waals surface area contributed by atoms with E-state index in [2.05, 4.69) is 60.8 Å². The van der Waals surface area contributed by atoms with Gasteiger partial charge in [0.05, 0.1) is 5.41 Å². The molecule has 0 heterocycles. The molecule has 2 heteroatoms. The third kappa shape index (κ3) is 2.61. The summed E-state index contributed by atoms with van der Waals surface area (Å²) in [4.78, 5) is 12.8. The predicted octanol–water partition coefficient (Wildman–Crippen LogP) is 4.32. The van der Waals surface area contributed by atoms with Crippen LogP contribution in [-0.2, 0) is 10.2 Å². The fraction of sp³-hybridized carbons (Fsp3) is 0.381. The van der Waals surface area contributed by atoms with Crippen LogP contribution in [0.5, 0.6) is 0 Å². The lowest BCUT2D eigenvalue weighted by molar-refractivity contribution is -0.121. The summed E-state index contributed by atoms with van der Waals surface area (Å²) in [5.41, 5.74) is 4.38. The van der Waals surface area contributed by atoms with Gasteiger partial charge in [-0.1, -0.05) is 61.9 Å². The van der Waals surface area contributed by atoms with Crippen molar-refractivity contribution in [2.45, 2.75) is 38.5 Å². The van der Waals surface area contributed by atoms with E-state index in [0.29, 0.717) is 0 Å². The average molecular weight is 307 g/mol. The Bertz CT molecular complexity index is 659. The van der Waals surface area contributed by atoms with E-state index >= 15 is 0 Å². The molecule has 23 heavy (non-hydrogen) atoms. The summed E-state index contributed by atoms with van der Waals surface area (Å²) in [6.45, 7) is 5.90. The van der Waals surface area contributed by atoms with Crippen LogP contribution in [0, 0.1) is 0 Å². The third-order valence-corrected chi connectivity index (χ3v) is 5.07. The Morgan fingerprint density at radius 1 is 0.957 bits per heavy atom. The van der Waals surface area contributed by atoms with Crippen LogP contribution in [-0.4, -0.2) is 18.9 Å². The van der Waals surface area contributed by atoms with Crippen molar-refractivity contribution in [1.29, 1.82) is 0 Å². The van der Waals surface area contributed by atoms with Gasteiger partial charge in [-0.05, 0) is 55.1 Å². The van der Waals surface area contributed by atoms with Crippen molar-refractivity contribution in [2.75, 3.05) is 13.1 Å². The highest BCUT2D eigenvalue weighted by Crippen LogP contribution is 2.51. The van der Waals surface area contributed by atoms with E-state index in [0.717, 1.165) is 32.4 Å². The molecule has 0 bridgehead atoms. The van der Waals surface area contributed by atoms with Gasteiger partial charge in [-0.3, -0.25) is 4.79 Å². The highest BCUT2D eigenvalue weighted by atomic mass is 16.1. The summed E-state index contributed by atoms with van der Waals surface area (Å²) < 4.78 is 0. The number of ketones is 1. The van der Waals surface area contributed by atoms with E-state index < -0.39 is 5.41 Å². The molecule has 120 valence electrons. The topological polar surface area (TPSA) is 29.1 Å². The Kier molecular flexibility index (Phi) is 4.63. The van der Waals surface area contributed by atoms with Gasteiger partial charge >= 0.3 is 0 Å². The molecule has 0 radical (unpaired) electrons. The van der Waals surface area contributed by atoms with E-state index in [1.165, 1.54) is 22.3 Å². The number of carbonyl (C=O) groups is 1. The minimum absolute atomic E-state index is 0.262. The zero-order valence-electron chi connectivity index (χ0n) is 14.1. The second-order valence-corrected chi connectivity index (χ2v) is 6.36. The van der Waals surface area contributed by atoms with Crippen molar-refractivity contribution < 1.29 is 4.79 Å². The fourth-order valence-corrected chi connectivity index (χ4v) is 3.97. The lowest BCUT2D eigenvalue weighted by Crippen LogP contribution is -2.33. The maximum absolute atomic E-state index is 12.8. The normalized spacial score (nSPS) is 14.3. The first-order valence-electron chi connectivity index (χ1n) is 8.63. The van der Waals surface area contributed by atoms with Gasteiger partial charge in [0.15, 0.2) is 0 Å². The van der Waals surface area contributed by atoms with E-state index in [4.69, 9.17) is 0 Å². The van der Waals surface area contributed by atoms with Crippen LogP contribution < -0.4 is 5.32 Å². The van der Waals surface area contributed by atoms with Crippen LogP contribution in [0.25, 0.3) is 11.1 Å². The SMILES string of the molecule is CCNCCCCC1(C(C)=O)c2ccccc2-c2ccccc21. The van der Waals surface area contributed by atoms with E-state index in [1.807, 2.05) is 0 Å². The number of hydrogen-bond acceptors (Lipinski definition) is 2. The molecule has 2 nitrogen and oxygen atoms in total. The van der Waals surface area contributed by atoms with Crippen LogP contribution >= 0.6 is 0 Å². The first kappa shape index (κ1) is 15.9. The summed E-state index contributed by atoms with van der Waals surface area (Å²) in [6.07, 6.45) is 3.05. The number of unbranched alkanes of at least 4 members (excludes halogenated alkanes) is 1. The van der Waals surface area contributed by atoms with Crippen LogP contribution in [0.15, 0.2) is 48.5 Å². The van der Waals surface area contributed by atoms with Crippen LogP contribution in [0.4, 0.5) is 0 Å². The molecule has 0 fully saturated rings. The Balaban J connectivity index is 2.00. The van der Waals surface area contributed by atoms with Crippen molar-refractivity contribution >= 4 is 5.78 Å². The van der Waals surface area contributed by atoms with Crippen LogP contribution in [0.3, 0.4) is 0 Å². The number of nitrogens with one attached hydrogen (secondary N) is 1. The zero-order chi connectivity index (χ0) is 16.3. The van der Waals surface area contributed by atoms with Gasteiger partial charge < -0.3 is 5.32 Å². The molecule has 0 atom stereocenters. The molecular weight excluding hydrogens is 282 g/mol. The first-order chi connectivity index (χ1) is 11.2.